The smallest absolute Gasteiger partial charge is 0.0725 e. The van der Waals surface area contributed by atoms with Crippen LogP contribution in [0.3, 0.4) is 0 Å². The highest BCUT2D eigenvalue weighted by Crippen LogP contribution is 2.17. The maximum absolute atomic E-state index is 10.4. The lowest BCUT2D eigenvalue weighted by atomic mass is 10.2. The van der Waals surface area contributed by atoms with Crippen molar-refractivity contribution in [2.24, 2.45) is 0 Å². The predicted octanol–water partition coefficient (Wildman–Crippen LogP) is 1.31. The van der Waals surface area contributed by atoms with E-state index < -0.39 is 5.97 Å². The van der Waals surface area contributed by atoms with Gasteiger partial charge in [-0.2, -0.15) is 0 Å². The van der Waals surface area contributed by atoms with Gasteiger partial charge in [0.05, 0.1) is 5.97 Å². The highest BCUT2D eigenvalue weighted by molar-refractivity contribution is 14.1. The molecule has 0 aliphatic heterocycles. The second kappa shape index (κ2) is 3.40. The first-order chi connectivity index (χ1) is 5.11. The molecule has 0 N–H and O–H groups in total. The molecular weight excluding hydrogens is 278 g/mol. The third-order valence-corrected chi connectivity index (χ3v) is 2.28. The van der Waals surface area contributed by atoms with Crippen LogP contribution < -0.4 is 5.11 Å². The minimum absolute atomic E-state index is 0.176. The van der Waals surface area contributed by atoms with E-state index >= 15 is 0 Å². The Kier molecular flexibility index (Phi) is 2.72. The molecule has 0 aliphatic rings. The standard InChI is InChI=1S/C7H4ClIO2/c8-4-1-2-5(7(10)11)6(9)3-4/h1-3H,(H,10,11)/p-1. The zero-order valence-electron chi connectivity index (χ0n) is 5.30. The van der Waals surface area contributed by atoms with E-state index in [0.717, 1.165) is 0 Å². The van der Waals surface area contributed by atoms with Gasteiger partial charge in [-0.05, 0) is 34.7 Å². The molecule has 0 unspecified atom stereocenters. The molecule has 1 aromatic carbocycles. The van der Waals surface area contributed by atoms with Gasteiger partial charge < -0.3 is 9.90 Å². The number of rotatable bonds is 1. The first-order valence-electron chi connectivity index (χ1n) is 2.77. The van der Waals surface area contributed by atoms with Gasteiger partial charge >= 0.3 is 0 Å². The second-order valence-electron chi connectivity index (χ2n) is 1.91. The van der Waals surface area contributed by atoms with Crippen LogP contribution in [0.15, 0.2) is 18.2 Å². The number of carbonyl (C=O) groups excluding carboxylic acids is 1. The van der Waals surface area contributed by atoms with Crippen LogP contribution >= 0.6 is 34.2 Å². The molecule has 0 aromatic heterocycles. The fourth-order valence-corrected chi connectivity index (χ4v) is 1.75. The lowest BCUT2D eigenvalue weighted by Crippen LogP contribution is -2.23. The van der Waals surface area contributed by atoms with Crippen molar-refractivity contribution in [3.05, 3.63) is 32.4 Å². The van der Waals surface area contributed by atoms with Crippen LogP contribution in [-0.4, -0.2) is 5.97 Å². The van der Waals surface area contributed by atoms with Crippen LogP contribution in [0.4, 0.5) is 0 Å². The number of hydrogen-bond donors (Lipinski definition) is 0. The zero-order valence-corrected chi connectivity index (χ0v) is 8.22. The van der Waals surface area contributed by atoms with E-state index in [0.29, 0.717) is 8.59 Å². The summed E-state index contributed by atoms with van der Waals surface area (Å²) in [5, 5.41) is 10.9. The normalized spacial score (nSPS) is 9.64. The number of carbonyl (C=O) groups is 1. The number of hydrogen-bond acceptors (Lipinski definition) is 2. The van der Waals surface area contributed by atoms with Crippen LogP contribution in [0.5, 0.6) is 0 Å². The SMILES string of the molecule is O=C([O-])c1ccc(Cl)cc1I. The summed E-state index contributed by atoms with van der Waals surface area (Å²) in [6, 6.07) is 4.53. The Balaban J connectivity index is 3.20. The Labute approximate surface area is 82.3 Å². The maximum Gasteiger partial charge on any atom is 0.0725 e. The molecule has 0 amide bonds. The Morgan fingerprint density at radius 2 is 2.18 bits per heavy atom. The third-order valence-electron chi connectivity index (χ3n) is 1.15. The monoisotopic (exact) mass is 281 g/mol. The third kappa shape index (κ3) is 2.07. The topological polar surface area (TPSA) is 40.1 Å². The van der Waals surface area contributed by atoms with Crippen molar-refractivity contribution in [1.29, 1.82) is 0 Å². The number of benzene rings is 1. The largest absolute Gasteiger partial charge is 0.545 e. The van der Waals surface area contributed by atoms with E-state index in [-0.39, 0.29) is 5.56 Å². The number of halogens is 2. The number of carboxylic acid groups (broad SMARTS) is 1. The van der Waals surface area contributed by atoms with E-state index in [2.05, 4.69) is 0 Å². The summed E-state index contributed by atoms with van der Waals surface area (Å²) >= 11 is 7.50. The van der Waals surface area contributed by atoms with E-state index in [1.807, 2.05) is 22.6 Å². The molecule has 0 heterocycles. The summed E-state index contributed by atoms with van der Waals surface area (Å²) in [6.07, 6.45) is 0. The van der Waals surface area contributed by atoms with Crippen molar-refractivity contribution in [3.63, 3.8) is 0 Å². The average Bonchev–Trinajstić information content (AvgIpc) is 1.85. The van der Waals surface area contributed by atoms with Crippen LogP contribution in [0.2, 0.25) is 5.02 Å². The lowest BCUT2D eigenvalue weighted by molar-refractivity contribution is -0.255. The van der Waals surface area contributed by atoms with Crippen LogP contribution in [0, 0.1) is 3.57 Å². The molecule has 0 radical (unpaired) electrons. The van der Waals surface area contributed by atoms with Gasteiger partial charge in [-0.1, -0.05) is 17.7 Å². The average molecular weight is 281 g/mol. The first kappa shape index (κ1) is 8.80. The Hall–Kier alpha value is -0.290. The molecule has 0 bridgehead atoms. The Bertz CT molecular complexity index is 298. The van der Waals surface area contributed by atoms with Crippen molar-refractivity contribution in [3.8, 4) is 0 Å². The summed E-state index contributed by atoms with van der Waals surface area (Å²) in [5.74, 6) is -1.17. The first-order valence-corrected chi connectivity index (χ1v) is 4.23. The van der Waals surface area contributed by atoms with Crippen molar-refractivity contribution in [2.45, 2.75) is 0 Å². The molecule has 1 aromatic rings. The summed E-state index contributed by atoms with van der Waals surface area (Å²) in [7, 11) is 0. The molecule has 0 fully saturated rings. The van der Waals surface area contributed by atoms with Gasteiger partial charge in [0.25, 0.3) is 0 Å². The Morgan fingerprint density at radius 1 is 1.55 bits per heavy atom. The van der Waals surface area contributed by atoms with Crippen LogP contribution in [0.25, 0.3) is 0 Å². The molecule has 11 heavy (non-hydrogen) atoms. The maximum atomic E-state index is 10.4. The fourth-order valence-electron chi connectivity index (χ4n) is 0.655. The predicted molar refractivity (Wildman–Crippen MR) is 48.5 cm³/mol. The summed E-state index contributed by atoms with van der Waals surface area (Å²) < 4.78 is 0.593. The van der Waals surface area contributed by atoms with Crippen molar-refractivity contribution in [2.75, 3.05) is 0 Å². The van der Waals surface area contributed by atoms with E-state index in [9.17, 15) is 9.90 Å². The van der Waals surface area contributed by atoms with Gasteiger partial charge in [-0.3, -0.25) is 0 Å². The van der Waals surface area contributed by atoms with E-state index in [4.69, 9.17) is 11.6 Å². The quantitative estimate of drug-likeness (QED) is 0.728. The van der Waals surface area contributed by atoms with Crippen molar-refractivity contribution < 1.29 is 9.90 Å². The fraction of sp³-hybridized carbons (Fsp3) is 0. The molecule has 2 nitrogen and oxygen atoms in total. The van der Waals surface area contributed by atoms with Gasteiger partial charge in [-0.15, -0.1) is 0 Å². The molecule has 1 rings (SSSR count). The van der Waals surface area contributed by atoms with Crippen molar-refractivity contribution >= 4 is 40.2 Å². The lowest BCUT2D eigenvalue weighted by Gasteiger charge is -2.04. The van der Waals surface area contributed by atoms with Crippen molar-refractivity contribution in [1.82, 2.24) is 0 Å². The van der Waals surface area contributed by atoms with Crippen LogP contribution in [-0.2, 0) is 0 Å². The number of aromatic carboxylic acids is 1. The van der Waals surface area contributed by atoms with E-state index in [1.54, 1.807) is 6.07 Å². The van der Waals surface area contributed by atoms with Gasteiger partial charge in [0, 0.05) is 14.2 Å². The van der Waals surface area contributed by atoms with Crippen LogP contribution in [0.1, 0.15) is 10.4 Å². The zero-order chi connectivity index (χ0) is 8.43. The molecule has 0 saturated carbocycles. The summed E-state index contributed by atoms with van der Waals surface area (Å²) in [4.78, 5) is 10.4. The molecule has 0 atom stereocenters. The highest BCUT2D eigenvalue weighted by Gasteiger charge is 1.99. The van der Waals surface area contributed by atoms with Gasteiger partial charge in [-0.25, -0.2) is 0 Å². The summed E-state index contributed by atoms with van der Waals surface area (Å²) in [5.41, 5.74) is 0.176. The highest BCUT2D eigenvalue weighted by atomic mass is 127. The van der Waals surface area contributed by atoms with E-state index in [1.165, 1.54) is 12.1 Å². The van der Waals surface area contributed by atoms with Gasteiger partial charge in [0.1, 0.15) is 0 Å². The molecule has 58 valence electrons. The molecule has 0 saturated heterocycles. The molecular formula is C7H3ClIO2-. The minimum Gasteiger partial charge on any atom is -0.545 e. The summed E-state index contributed by atoms with van der Waals surface area (Å²) in [6.45, 7) is 0. The molecule has 0 aliphatic carbocycles. The Morgan fingerprint density at radius 3 is 2.64 bits per heavy atom. The molecule has 4 heteroatoms. The minimum atomic E-state index is -1.17. The number of carboxylic acids is 1. The van der Waals surface area contributed by atoms with Gasteiger partial charge in [0.15, 0.2) is 0 Å². The second-order valence-corrected chi connectivity index (χ2v) is 3.51. The van der Waals surface area contributed by atoms with Gasteiger partial charge in [0.2, 0.25) is 0 Å². The molecule has 0 spiro atoms.